The summed E-state index contributed by atoms with van der Waals surface area (Å²) in [5, 5.41) is 9.23. The van der Waals surface area contributed by atoms with Gasteiger partial charge in [0.2, 0.25) is 0 Å². The van der Waals surface area contributed by atoms with Gasteiger partial charge in [0.15, 0.2) is 9.84 Å². The van der Waals surface area contributed by atoms with Gasteiger partial charge in [-0.15, -0.1) is 0 Å². The molecule has 1 saturated heterocycles. The van der Waals surface area contributed by atoms with Crippen molar-refractivity contribution in [3.05, 3.63) is 35.4 Å². The molecule has 1 aliphatic heterocycles. The summed E-state index contributed by atoms with van der Waals surface area (Å²) in [6.07, 6.45) is 0.673. The lowest BCUT2D eigenvalue weighted by atomic mass is 10.0. The number of aliphatic hydroxyl groups excluding tert-OH is 1. The van der Waals surface area contributed by atoms with Gasteiger partial charge in [0, 0.05) is 19.1 Å². The molecule has 0 amide bonds. The van der Waals surface area contributed by atoms with Gasteiger partial charge in [0.25, 0.3) is 0 Å². The Morgan fingerprint density at radius 1 is 1.29 bits per heavy atom. The summed E-state index contributed by atoms with van der Waals surface area (Å²) in [5.41, 5.74) is 2.47. The summed E-state index contributed by atoms with van der Waals surface area (Å²) in [7, 11) is -2.89. The van der Waals surface area contributed by atoms with Gasteiger partial charge in [-0.1, -0.05) is 38.1 Å². The monoisotopic (exact) mass is 311 g/mol. The Balaban J connectivity index is 2.06. The van der Waals surface area contributed by atoms with Crippen molar-refractivity contribution in [1.82, 2.24) is 4.90 Å². The quantitative estimate of drug-likeness (QED) is 0.870. The lowest BCUT2D eigenvalue weighted by Gasteiger charge is -2.27. The van der Waals surface area contributed by atoms with Crippen LogP contribution in [0.25, 0.3) is 0 Å². The fourth-order valence-electron chi connectivity index (χ4n) is 2.82. The number of rotatable bonds is 6. The second-order valence-electron chi connectivity index (χ2n) is 6.15. The van der Waals surface area contributed by atoms with E-state index in [0.717, 1.165) is 5.56 Å². The van der Waals surface area contributed by atoms with Crippen LogP contribution in [0, 0.1) is 0 Å². The molecule has 5 heteroatoms. The van der Waals surface area contributed by atoms with Crippen LogP contribution in [0.1, 0.15) is 37.3 Å². The van der Waals surface area contributed by atoms with Crippen molar-refractivity contribution in [3.8, 4) is 0 Å². The van der Waals surface area contributed by atoms with E-state index < -0.39 is 9.84 Å². The molecule has 0 bridgehead atoms. The highest BCUT2D eigenvalue weighted by Gasteiger charge is 2.31. The highest BCUT2D eigenvalue weighted by molar-refractivity contribution is 7.91. The molecule has 0 aliphatic carbocycles. The number of aliphatic hydroxyl groups is 1. The molecule has 1 aliphatic rings. The Hall–Kier alpha value is -0.910. The zero-order valence-electron chi connectivity index (χ0n) is 12.8. The van der Waals surface area contributed by atoms with Gasteiger partial charge in [-0.3, -0.25) is 4.90 Å². The number of hydrogen-bond donors (Lipinski definition) is 1. The van der Waals surface area contributed by atoms with Crippen molar-refractivity contribution >= 4 is 9.84 Å². The van der Waals surface area contributed by atoms with Crippen molar-refractivity contribution in [1.29, 1.82) is 0 Å². The molecule has 2 rings (SSSR count). The summed E-state index contributed by atoms with van der Waals surface area (Å²) in [6, 6.07) is 8.49. The van der Waals surface area contributed by atoms with E-state index in [1.165, 1.54) is 5.56 Å². The van der Waals surface area contributed by atoms with Crippen molar-refractivity contribution in [3.63, 3.8) is 0 Å². The molecule has 1 fully saturated rings. The van der Waals surface area contributed by atoms with Crippen LogP contribution in [-0.4, -0.2) is 49.1 Å². The molecule has 1 aromatic carbocycles. The molecule has 0 spiro atoms. The smallest absolute Gasteiger partial charge is 0.151 e. The van der Waals surface area contributed by atoms with Crippen LogP contribution in [0.3, 0.4) is 0 Å². The Morgan fingerprint density at radius 3 is 2.43 bits per heavy atom. The molecule has 4 nitrogen and oxygen atoms in total. The van der Waals surface area contributed by atoms with E-state index in [1.807, 2.05) is 0 Å². The van der Waals surface area contributed by atoms with Crippen molar-refractivity contribution < 1.29 is 13.5 Å². The highest BCUT2D eigenvalue weighted by Crippen LogP contribution is 2.21. The first-order valence-corrected chi connectivity index (χ1v) is 9.37. The first-order valence-electron chi connectivity index (χ1n) is 7.55. The minimum absolute atomic E-state index is 0.0342. The maximum Gasteiger partial charge on any atom is 0.151 e. The van der Waals surface area contributed by atoms with Crippen LogP contribution in [-0.2, 0) is 16.4 Å². The minimum Gasteiger partial charge on any atom is -0.395 e. The number of benzene rings is 1. The fraction of sp³-hybridized carbons (Fsp3) is 0.625. The number of hydrogen-bond acceptors (Lipinski definition) is 4. The molecular weight excluding hydrogens is 286 g/mol. The van der Waals surface area contributed by atoms with E-state index in [4.69, 9.17) is 0 Å². The van der Waals surface area contributed by atoms with Gasteiger partial charge in [-0.2, -0.15) is 0 Å². The average molecular weight is 311 g/mol. The molecule has 1 aromatic rings. The summed E-state index contributed by atoms with van der Waals surface area (Å²) in [4.78, 5) is 2.09. The average Bonchev–Trinajstić information content (AvgIpc) is 2.79. The largest absolute Gasteiger partial charge is 0.395 e. The van der Waals surface area contributed by atoms with E-state index in [1.54, 1.807) is 0 Å². The third-order valence-electron chi connectivity index (χ3n) is 4.14. The Kier molecular flexibility index (Phi) is 5.41. The standard InChI is InChI=1S/C16H25NO3S/c1-13(2)15-5-3-14(4-6-15)11-17(8-9-18)16-7-10-21(19,20)12-16/h3-6,13,16,18H,7-12H2,1-2H3. The second kappa shape index (κ2) is 6.90. The fourth-order valence-corrected chi connectivity index (χ4v) is 4.59. The summed E-state index contributed by atoms with van der Waals surface area (Å²) >= 11 is 0. The highest BCUT2D eigenvalue weighted by atomic mass is 32.2. The Morgan fingerprint density at radius 2 is 1.95 bits per heavy atom. The Bertz CT molecular complexity index is 551. The third-order valence-corrected chi connectivity index (χ3v) is 5.89. The minimum atomic E-state index is -2.89. The zero-order valence-corrected chi connectivity index (χ0v) is 13.6. The Labute approximate surface area is 127 Å². The summed E-state index contributed by atoms with van der Waals surface area (Å²) < 4.78 is 23.3. The number of sulfone groups is 1. The van der Waals surface area contributed by atoms with Crippen LogP contribution in [0.15, 0.2) is 24.3 Å². The SMILES string of the molecule is CC(C)c1ccc(CN(CCO)C2CCS(=O)(=O)C2)cc1. The summed E-state index contributed by atoms with van der Waals surface area (Å²) in [5.74, 6) is 0.996. The third kappa shape index (κ3) is 4.53. The molecule has 0 saturated carbocycles. The van der Waals surface area contributed by atoms with Crippen LogP contribution < -0.4 is 0 Å². The molecular formula is C16H25NO3S. The van der Waals surface area contributed by atoms with E-state index in [0.29, 0.717) is 25.4 Å². The lowest BCUT2D eigenvalue weighted by Crippen LogP contribution is -2.37. The summed E-state index contributed by atoms with van der Waals surface area (Å²) in [6.45, 7) is 5.60. The second-order valence-corrected chi connectivity index (χ2v) is 8.38. The number of nitrogens with zero attached hydrogens (tertiary/aromatic N) is 1. The molecule has 1 heterocycles. The van der Waals surface area contributed by atoms with E-state index in [9.17, 15) is 13.5 Å². The topological polar surface area (TPSA) is 57.6 Å². The molecule has 1 N–H and O–H groups in total. The first-order chi connectivity index (χ1) is 9.91. The van der Waals surface area contributed by atoms with Gasteiger partial charge in [0.05, 0.1) is 18.1 Å². The molecule has 0 aromatic heterocycles. The predicted molar refractivity (Wildman–Crippen MR) is 85.1 cm³/mol. The molecule has 118 valence electrons. The van der Waals surface area contributed by atoms with Gasteiger partial charge in [-0.25, -0.2) is 8.42 Å². The van der Waals surface area contributed by atoms with E-state index >= 15 is 0 Å². The van der Waals surface area contributed by atoms with Crippen LogP contribution >= 0.6 is 0 Å². The molecule has 0 radical (unpaired) electrons. The van der Waals surface area contributed by atoms with Gasteiger partial charge in [-0.05, 0) is 23.5 Å². The molecule has 1 unspecified atom stereocenters. The van der Waals surface area contributed by atoms with Gasteiger partial charge >= 0.3 is 0 Å². The first kappa shape index (κ1) is 16.5. The van der Waals surface area contributed by atoms with Gasteiger partial charge < -0.3 is 5.11 Å². The van der Waals surface area contributed by atoms with E-state index in [-0.39, 0.29) is 24.2 Å². The van der Waals surface area contributed by atoms with Crippen LogP contribution in [0.5, 0.6) is 0 Å². The maximum atomic E-state index is 11.6. The van der Waals surface area contributed by atoms with Crippen molar-refractivity contribution in [2.75, 3.05) is 24.7 Å². The normalized spacial score (nSPS) is 21.3. The van der Waals surface area contributed by atoms with Crippen LogP contribution in [0.2, 0.25) is 0 Å². The van der Waals surface area contributed by atoms with E-state index in [2.05, 4.69) is 43.0 Å². The molecule has 21 heavy (non-hydrogen) atoms. The van der Waals surface area contributed by atoms with Crippen molar-refractivity contribution in [2.45, 2.75) is 38.8 Å². The lowest BCUT2D eigenvalue weighted by molar-refractivity contribution is 0.153. The predicted octanol–water partition coefficient (Wildman–Crippen LogP) is 1.79. The molecule has 1 atom stereocenters. The zero-order chi connectivity index (χ0) is 15.5. The van der Waals surface area contributed by atoms with Gasteiger partial charge in [0.1, 0.15) is 0 Å². The van der Waals surface area contributed by atoms with Crippen LogP contribution in [0.4, 0.5) is 0 Å². The maximum absolute atomic E-state index is 11.6. The van der Waals surface area contributed by atoms with Crippen molar-refractivity contribution in [2.24, 2.45) is 0 Å².